The summed E-state index contributed by atoms with van der Waals surface area (Å²) in [5.41, 5.74) is 1.52. The van der Waals surface area contributed by atoms with Crippen LogP contribution in [0.1, 0.15) is 32.8 Å². The lowest BCUT2D eigenvalue weighted by Crippen LogP contribution is -2.27. The summed E-state index contributed by atoms with van der Waals surface area (Å²) in [6.07, 6.45) is 2.44. The van der Waals surface area contributed by atoms with Gasteiger partial charge in [-0.25, -0.2) is 0 Å². The normalized spacial score (nSPS) is 14.8. The number of fused-ring (bicyclic) bond motifs is 1. The number of benzene rings is 1. The summed E-state index contributed by atoms with van der Waals surface area (Å²) >= 11 is 1.87. The second-order valence-electron chi connectivity index (χ2n) is 5.26. The van der Waals surface area contributed by atoms with Crippen molar-refractivity contribution < 1.29 is 0 Å². The number of thiophene rings is 1. The first-order chi connectivity index (χ1) is 8.70. The van der Waals surface area contributed by atoms with Crippen LogP contribution in [0.5, 0.6) is 0 Å². The maximum Gasteiger partial charge on any atom is 0.0345 e. The molecule has 1 aromatic heterocycles. The Morgan fingerprint density at radius 1 is 1.22 bits per heavy atom. The summed E-state index contributed by atoms with van der Waals surface area (Å²) in [7, 11) is 0. The van der Waals surface area contributed by atoms with Gasteiger partial charge in [-0.2, -0.15) is 0 Å². The van der Waals surface area contributed by atoms with Crippen LogP contribution in [0.4, 0.5) is 0 Å². The predicted molar refractivity (Wildman–Crippen MR) is 82.4 cm³/mol. The Morgan fingerprint density at radius 2 is 2.00 bits per heavy atom. The minimum Gasteiger partial charge on any atom is -0.315 e. The molecule has 2 unspecified atom stereocenters. The molecule has 0 radical (unpaired) electrons. The molecule has 1 heterocycles. The third-order valence-corrected chi connectivity index (χ3v) is 4.45. The van der Waals surface area contributed by atoms with E-state index < -0.39 is 0 Å². The molecule has 1 aromatic carbocycles. The second-order valence-corrected chi connectivity index (χ2v) is 6.17. The lowest BCUT2D eigenvalue weighted by molar-refractivity contribution is 0.427. The molecule has 0 aliphatic carbocycles. The van der Waals surface area contributed by atoms with Crippen molar-refractivity contribution in [3.05, 3.63) is 35.2 Å². The van der Waals surface area contributed by atoms with Gasteiger partial charge in [-0.1, -0.05) is 32.0 Å². The standard InChI is InChI=1S/C16H23NS/c1-4-17-13(3)9-12(2)10-14-11-18-16-8-6-5-7-15(14)16/h5-8,11-13,17H,4,9-10H2,1-3H3. The first-order valence-corrected chi connectivity index (χ1v) is 7.77. The second kappa shape index (κ2) is 6.35. The van der Waals surface area contributed by atoms with Gasteiger partial charge in [-0.3, -0.25) is 0 Å². The van der Waals surface area contributed by atoms with Crippen molar-refractivity contribution in [2.45, 2.75) is 39.7 Å². The highest BCUT2D eigenvalue weighted by atomic mass is 32.1. The van der Waals surface area contributed by atoms with Crippen molar-refractivity contribution in [2.75, 3.05) is 6.54 Å². The molecule has 2 rings (SSSR count). The molecule has 1 N–H and O–H groups in total. The van der Waals surface area contributed by atoms with Crippen molar-refractivity contribution in [1.29, 1.82) is 0 Å². The topological polar surface area (TPSA) is 12.0 Å². The van der Waals surface area contributed by atoms with Gasteiger partial charge >= 0.3 is 0 Å². The van der Waals surface area contributed by atoms with Crippen LogP contribution in [-0.2, 0) is 6.42 Å². The minimum atomic E-state index is 0.620. The van der Waals surface area contributed by atoms with Crippen molar-refractivity contribution >= 4 is 21.4 Å². The van der Waals surface area contributed by atoms with Gasteiger partial charge in [-0.05, 0) is 54.6 Å². The summed E-state index contributed by atoms with van der Waals surface area (Å²) in [5.74, 6) is 0.733. The van der Waals surface area contributed by atoms with E-state index in [1.807, 2.05) is 11.3 Å². The highest BCUT2D eigenvalue weighted by molar-refractivity contribution is 7.17. The zero-order valence-electron chi connectivity index (χ0n) is 11.6. The molecule has 98 valence electrons. The number of hydrogen-bond acceptors (Lipinski definition) is 2. The molecule has 0 aliphatic heterocycles. The van der Waals surface area contributed by atoms with E-state index in [9.17, 15) is 0 Å². The minimum absolute atomic E-state index is 0.620. The van der Waals surface area contributed by atoms with Gasteiger partial charge < -0.3 is 5.32 Å². The Morgan fingerprint density at radius 3 is 2.78 bits per heavy atom. The predicted octanol–water partition coefficient (Wildman–Crippen LogP) is 4.47. The summed E-state index contributed by atoms with van der Waals surface area (Å²) in [5, 5.41) is 7.28. The third-order valence-electron chi connectivity index (χ3n) is 3.44. The van der Waals surface area contributed by atoms with E-state index in [-0.39, 0.29) is 0 Å². The molecule has 0 fully saturated rings. The number of rotatable bonds is 6. The molecule has 0 amide bonds. The molecule has 1 nitrogen and oxygen atoms in total. The zero-order valence-corrected chi connectivity index (χ0v) is 12.4. The summed E-state index contributed by atoms with van der Waals surface area (Å²) in [6.45, 7) is 7.88. The molecule has 0 saturated carbocycles. The molecule has 0 aliphatic rings. The fourth-order valence-electron chi connectivity index (χ4n) is 2.68. The molecular weight excluding hydrogens is 238 g/mol. The Balaban J connectivity index is 2.00. The first-order valence-electron chi connectivity index (χ1n) is 6.89. The van der Waals surface area contributed by atoms with Crippen LogP contribution >= 0.6 is 11.3 Å². The van der Waals surface area contributed by atoms with Crippen molar-refractivity contribution in [3.8, 4) is 0 Å². The quantitative estimate of drug-likeness (QED) is 0.809. The van der Waals surface area contributed by atoms with Crippen LogP contribution < -0.4 is 5.32 Å². The molecule has 18 heavy (non-hydrogen) atoms. The van der Waals surface area contributed by atoms with Crippen molar-refractivity contribution in [3.63, 3.8) is 0 Å². The molecule has 0 bridgehead atoms. The Hall–Kier alpha value is -0.860. The molecule has 2 aromatic rings. The van der Waals surface area contributed by atoms with Crippen LogP contribution in [0, 0.1) is 5.92 Å². The van der Waals surface area contributed by atoms with E-state index in [2.05, 4.69) is 55.7 Å². The van der Waals surface area contributed by atoms with E-state index in [0.717, 1.165) is 12.5 Å². The first kappa shape index (κ1) is 13.6. The molecule has 0 spiro atoms. The van der Waals surface area contributed by atoms with E-state index in [1.165, 1.54) is 28.5 Å². The fourth-order valence-corrected chi connectivity index (χ4v) is 3.66. The van der Waals surface area contributed by atoms with Crippen LogP contribution in [-0.4, -0.2) is 12.6 Å². The third kappa shape index (κ3) is 3.33. The number of hydrogen-bond donors (Lipinski definition) is 1. The summed E-state index contributed by atoms with van der Waals surface area (Å²) in [4.78, 5) is 0. The molecule has 0 saturated heterocycles. The molecule has 2 atom stereocenters. The zero-order chi connectivity index (χ0) is 13.0. The maximum atomic E-state index is 3.50. The van der Waals surface area contributed by atoms with E-state index in [1.54, 1.807) is 0 Å². The summed E-state index contributed by atoms with van der Waals surface area (Å²) in [6, 6.07) is 9.36. The van der Waals surface area contributed by atoms with Gasteiger partial charge in [0.2, 0.25) is 0 Å². The summed E-state index contributed by atoms with van der Waals surface area (Å²) < 4.78 is 1.42. The monoisotopic (exact) mass is 261 g/mol. The lowest BCUT2D eigenvalue weighted by Gasteiger charge is -2.17. The Kier molecular flexibility index (Phi) is 4.79. The smallest absolute Gasteiger partial charge is 0.0345 e. The van der Waals surface area contributed by atoms with Crippen LogP contribution in [0.25, 0.3) is 10.1 Å². The largest absolute Gasteiger partial charge is 0.315 e. The average Bonchev–Trinajstić information content (AvgIpc) is 2.73. The molecule has 2 heteroatoms. The Labute approximate surface area is 114 Å². The van der Waals surface area contributed by atoms with Gasteiger partial charge in [0.05, 0.1) is 0 Å². The van der Waals surface area contributed by atoms with Crippen LogP contribution in [0.2, 0.25) is 0 Å². The van der Waals surface area contributed by atoms with Gasteiger partial charge in [0.15, 0.2) is 0 Å². The maximum absolute atomic E-state index is 3.50. The highest BCUT2D eigenvalue weighted by Gasteiger charge is 2.11. The number of nitrogens with one attached hydrogen (secondary N) is 1. The van der Waals surface area contributed by atoms with Crippen LogP contribution in [0.15, 0.2) is 29.6 Å². The van der Waals surface area contributed by atoms with Crippen molar-refractivity contribution in [2.24, 2.45) is 5.92 Å². The Bertz CT molecular complexity index is 489. The van der Waals surface area contributed by atoms with Gasteiger partial charge in [0, 0.05) is 10.7 Å². The average molecular weight is 261 g/mol. The van der Waals surface area contributed by atoms with E-state index >= 15 is 0 Å². The SMILES string of the molecule is CCNC(C)CC(C)Cc1csc2ccccc12. The van der Waals surface area contributed by atoms with Crippen LogP contribution in [0.3, 0.4) is 0 Å². The fraction of sp³-hybridized carbons (Fsp3) is 0.500. The van der Waals surface area contributed by atoms with Gasteiger partial charge in [0.1, 0.15) is 0 Å². The van der Waals surface area contributed by atoms with E-state index in [0.29, 0.717) is 6.04 Å². The highest BCUT2D eigenvalue weighted by Crippen LogP contribution is 2.28. The molecular formula is C16H23NS. The van der Waals surface area contributed by atoms with E-state index in [4.69, 9.17) is 0 Å². The lowest BCUT2D eigenvalue weighted by atomic mass is 9.95. The van der Waals surface area contributed by atoms with Crippen molar-refractivity contribution in [1.82, 2.24) is 5.32 Å². The van der Waals surface area contributed by atoms with Gasteiger partial charge in [0.25, 0.3) is 0 Å². The van der Waals surface area contributed by atoms with Gasteiger partial charge in [-0.15, -0.1) is 11.3 Å².